The Hall–Kier alpha value is -1.55. The smallest absolute Gasteiger partial charge is 0.152 e. The van der Waals surface area contributed by atoms with Crippen LogP contribution >= 0.6 is 0 Å². The molecule has 2 aromatic heterocycles. The van der Waals surface area contributed by atoms with Crippen LogP contribution in [0, 0.1) is 0 Å². The van der Waals surface area contributed by atoms with E-state index in [1.54, 1.807) is 0 Å². The van der Waals surface area contributed by atoms with Gasteiger partial charge in [0.15, 0.2) is 5.82 Å². The minimum absolute atomic E-state index is 0.882. The van der Waals surface area contributed by atoms with Crippen molar-refractivity contribution in [3.05, 3.63) is 30.1 Å². The van der Waals surface area contributed by atoms with Gasteiger partial charge in [0.2, 0.25) is 0 Å². The molecule has 3 rings (SSSR count). The molecule has 0 amide bonds. The number of hydrogen-bond donors (Lipinski definition) is 1. The fourth-order valence-electron chi connectivity index (χ4n) is 2.98. The van der Waals surface area contributed by atoms with Crippen LogP contribution in [0.2, 0.25) is 0 Å². The standard InChI is InChI=1S/C16H24N4/c1-2-17-13-14-16(19-10-6-3-4-7-11-19)18-15-9-5-8-12-20(14)15/h5,8-9,12,17H,2-4,6-7,10-11,13H2,1H3. The van der Waals surface area contributed by atoms with Gasteiger partial charge in [-0.25, -0.2) is 4.98 Å². The summed E-state index contributed by atoms with van der Waals surface area (Å²) in [7, 11) is 0. The SMILES string of the molecule is CCNCc1c(N2CCCCCC2)nc2ccccn12. The second-order valence-electron chi connectivity index (χ2n) is 5.49. The van der Waals surface area contributed by atoms with E-state index in [1.165, 1.54) is 37.2 Å². The summed E-state index contributed by atoms with van der Waals surface area (Å²) in [5.41, 5.74) is 2.35. The number of hydrogen-bond acceptors (Lipinski definition) is 3. The van der Waals surface area contributed by atoms with E-state index < -0.39 is 0 Å². The lowest BCUT2D eigenvalue weighted by atomic mass is 10.2. The van der Waals surface area contributed by atoms with Crippen LogP contribution in [-0.4, -0.2) is 29.0 Å². The lowest BCUT2D eigenvalue weighted by Gasteiger charge is -2.21. The quantitative estimate of drug-likeness (QED) is 0.929. The molecule has 4 heteroatoms. The van der Waals surface area contributed by atoms with Gasteiger partial charge < -0.3 is 14.6 Å². The fraction of sp³-hybridized carbons (Fsp3) is 0.562. The Morgan fingerprint density at radius 3 is 2.70 bits per heavy atom. The maximum atomic E-state index is 4.88. The van der Waals surface area contributed by atoms with Crippen LogP contribution in [0.5, 0.6) is 0 Å². The molecule has 0 atom stereocenters. The molecule has 0 saturated carbocycles. The molecule has 0 unspecified atom stereocenters. The van der Waals surface area contributed by atoms with E-state index in [0.29, 0.717) is 0 Å². The largest absolute Gasteiger partial charge is 0.355 e. The van der Waals surface area contributed by atoms with Crippen molar-refractivity contribution in [2.75, 3.05) is 24.5 Å². The number of nitrogens with zero attached hydrogens (tertiary/aromatic N) is 3. The Morgan fingerprint density at radius 1 is 1.15 bits per heavy atom. The van der Waals surface area contributed by atoms with E-state index in [0.717, 1.165) is 31.8 Å². The third kappa shape index (κ3) is 2.66. The second kappa shape index (κ2) is 6.27. The first-order valence-electron chi connectivity index (χ1n) is 7.82. The van der Waals surface area contributed by atoms with Gasteiger partial charge in [-0.3, -0.25) is 0 Å². The highest BCUT2D eigenvalue weighted by Crippen LogP contribution is 2.24. The van der Waals surface area contributed by atoms with Crippen molar-refractivity contribution >= 4 is 11.5 Å². The van der Waals surface area contributed by atoms with Gasteiger partial charge in [0.25, 0.3) is 0 Å². The molecule has 0 spiro atoms. The first-order chi connectivity index (χ1) is 9.90. The molecule has 0 radical (unpaired) electrons. The molecular formula is C16H24N4. The minimum Gasteiger partial charge on any atom is -0.355 e. The molecule has 0 bridgehead atoms. The van der Waals surface area contributed by atoms with Gasteiger partial charge >= 0.3 is 0 Å². The number of anilines is 1. The molecular weight excluding hydrogens is 248 g/mol. The highest BCUT2D eigenvalue weighted by atomic mass is 15.2. The van der Waals surface area contributed by atoms with Crippen LogP contribution in [0.3, 0.4) is 0 Å². The molecule has 2 aromatic rings. The van der Waals surface area contributed by atoms with E-state index in [4.69, 9.17) is 4.98 Å². The summed E-state index contributed by atoms with van der Waals surface area (Å²) < 4.78 is 2.23. The van der Waals surface area contributed by atoms with Crippen LogP contribution in [0.15, 0.2) is 24.4 Å². The summed E-state index contributed by atoms with van der Waals surface area (Å²) in [4.78, 5) is 7.36. The first kappa shape index (κ1) is 13.4. The van der Waals surface area contributed by atoms with Crippen LogP contribution in [-0.2, 0) is 6.54 Å². The maximum Gasteiger partial charge on any atom is 0.152 e. The third-order valence-corrected chi connectivity index (χ3v) is 4.06. The van der Waals surface area contributed by atoms with Gasteiger partial charge in [-0.15, -0.1) is 0 Å². The minimum atomic E-state index is 0.882. The molecule has 0 aliphatic carbocycles. The van der Waals surface area contributed by atoms with Gasteiger partial charge in [0.1, 0.15) is 5.65 Å². The van der Waals surface area contributed by atoms with Gasteiger partial charge in [-0.05, 0) is 31.5 Å². The molecule has 3 heterocycles. The molecule has 1 saturated heterocycles. The lowest BCUT2D eigenvalue weighted by Crippen LogP contribution is -2.26. The zero-order valence-corrected chi connectivity index (χ0v) is 12.3. The molecule has 108 valence electrons. The molecule has 1 aliphatic rings. The zero-order valence-electron chi connectivity index (χ0n) is 12.3. The van der Waals surface area contributed by atoms with Crippen molar-refractivity contribution in [3.63, 3.8) is 0 Å². The summed E-state index contributed by atoms with van der Waals surface area (Å²) in [6, 6.07) is 6.23. The van der Waals surface area contributed by atoms with E-state index >= 15 is 0 Å². The number of aromatic nitrogens is 2. The van der Waals surface area contributed by atoms with E-state index in [2.05, 4.69) is 45.9 Å². The highest BCUT2D eigenvalue weighted by Gasteiger charge is 2.18. The number of fused-ring (bicyclic) bond motifs is 1. The molecule has 0 aromatic carbocycles. The molecule has 20 heavy (non-hydrogen) atoms. The Morgan fingerprint density at radius 2 is 1.95 bits per heavy atom. The summed E-state index contributed by atoms with van der Waals surface area (Å²) in [5, 5.41) is 3.45. The van der Waals surface area contributed by atoms with Crippen LogP contribution in [0.25, 0.3) is 5.65 Å². The number of rotatable bonds is 4. The Bertz CT molecular complexity index is 553. The Balaban J connectivity index is 1.98. The fourth-order valence-corrected chi connectivity index (χ4v) is 2.98. The normalized spacial score (nSPS) is 16.6. The monoisotopic (exact) mass is 272 g/mol. The maximum absolute atomic E-state index is 4.88. The molecule has 4 nitrogen and oxygen atoms in total. The van der Waals surface area contributed by atoms with Crippen molar-refractivity contribution in [2.24, 2.45) is 0 Å². The summed E-state index contributed by atoms with van der Waals surface area (Å²) in [6.07, 6.45) is 7.40. The van der Waals surface area contributed by atoms with Gasteiger partial charge in [-0.1, -0.05) is 25.8 Å². The van der Waals surface area contributed by atoms with Crippen molar-refractivity contribution in [3.8, 4) is 0 Å². The number of nitrogens with one attached hydrogen (secondary N) is 1. The number of imidazole rings is 1. The summed E-state index contributed by atoms with van der Waals surface area (Å²) in [5.74, 6) is 1.18. The average molecular weight is 272 g/mol. The molecule has 1 fully saturated rings. The van der Waals surface area contributed by atoms with Crippen molar-refractivity contribution in [1.29, 1.82) is 0 Å². The van der Waals surface area contributed by atoms with E-state index in [1.807, 2.05) is 0 Å². The Kier molecular flexibility index (Phi) is 4.21. The molecule has 1 N–H and O–H groups in total. The van der Waals surface area contributed by atoms with Crippen LogP contribution in [0.1, 0.15) is 38.3 Å². The van der Waals surface area contributed by atoms with Crippen LogP contribution in [0.4, 0.5) is 5.82 Å². The highest BCUT2D eigenvalue weighted by molar-refractivity contribution is 5.56. The van der Waals surface area contributed by atoms with Crippen molar-refractivity contribution < 1.29 is 0 Å². The van der Waals surface area contributed by atoms with Crippen LogP contribution < -0.4 is 10.2 Å². The van der Waals surface area contributed by atoms with Crippen molar-refractivity contribution in [1.82, 2.24) is 14.7 Å². The molecule has 1 aliphatic heterocycles. The van der Waals surface area contributed by atoms with Gasteiger partial charge in [-0.2, -0.15) is 0 Å². The second-order valence-corrected chi connectivity index (χ2v) is 5.49. The van der Waals surface area contributed by atoms with Gasteiger partial charge in [0, 0.05) is 25.8 Å². The zero-order chi connectivity index (χ0) is 13.8. The lowest BCUT2D eigenvalue weighted by molar-refractivity contribution is 0.695. The predicted molar refractivity (Wildman–Crippen MR) is 83.3 cm³/mol. The topological polar surface area (TPSA) is 32.6 Å². The average Bonchev–Trinajstić information content (AvgIpc) is 2.66. The first-order valence-corrected chi connectivity index (χ1v) is 7.82. The Labute approximate surface area is 120 Å². The van der Waals surface area contributed by atoms with Crippen molar-refractivity contribution in [2.45, 2.75) is 39.2 Å². The summed E-state index contributed by atoms with van der Waals surface area (Å²) in [6.45, 7) is 6.30. The van der Waals surface area contributed by atoms with Gasteiger partial charge in [0.05, 0.1) is 5.69 Å². The summed E-state index contributed by atoms with van der Waals surface area (Å²) >= 11 is 0. The number of pyridine rings is 1. The predicted octanol–water partition coefficient (Wildman–Crippen LogP) is 2.82. The van der Waals surface area contributed by atoms with E-state index in [-0.39, 0.29) is 0 Å². The van der Waals surface area contributed by atoms with E-state index in [9.17, 15) is 0 Å². The third-order valence-electron chi connectivity index (χ3n) is 4.06.